The van der Waals surface area contributed by atoms with Gasteiger partial charge in [-0.15, -0.1) is 0 Å². The van der Waals surface area contributed by atoms with Crippen LogP contribution < -0.4 is 20.5 Å². The Morgan fingerprint density at radius 1 is 1.48 bits per heavy atom. The van der Waals surface area contributed by atoms with Crippen LogP contribution in [0.4, 0.5) is 4.39 Å². The summed E-state index contributed by atoms with van der Waals surface area (Å²) >= 11 is 0. The number of amides is 2. The molecular formula is C17H18FN3O4. The van der Waals surface area contributed by atoms with Crippen molar-refractivity contribution in [1.29, 1.82) is 0 Å². The monoisotopic (exact) mass is 347 g/mol. The average molecular weight is 347 g/mol. The lowest BCUT2D eigenvalue weighted by molar-refractivity contribution is -0.119. The second-order valence-corrected chi connectivity index (χ2v) is 5.86. The van der Waals surface area contributed by atoms with E-state index in [0.717, 1.165) is 0 Å². The van der Waals surface area contributed by atoms with Gasteiger partial charge in [0.05, 0.1) is 25.4 Å². The first-order valence-corrected chi connectivity index (χ1v) is 7.78. The van der Waals surface area contributed by atoms with Gasteiger partial charge in [-0.05, 0) is 23.6 Å². The summed E-state index contributed by atoms with van der Waals surface area (Å²) in [7, 11) is 1.43. The number of ether oxygens (including phenoxy) is 2. The molecule has 132 valence electrons. The smallest absolute Gasteiger partial charge is 0.252 e. The molecule has 7 nitrogen and oxygen atoms in total. The average Bonchev–Trinajstić information content (AvgIpc) is 2.98. The van der Waals surface area contributed by atoms with Crippen LogP contribution in [0.15, 0.2) is 24.4 Å². The van der Waals surface area contributed by atoms with Gasteiger partial charge in [0.15, 0.2) is 0 Å². The number of nitrogens with two attached hydrogens (primary N) is 1. The minimum absolute atomic E-state index is 0.103. The number of hydrogen-bond acceptors (Lipinski definition) is 5. The van der Waals surface area contributed by atoms with Crippen molar-refractivity contribution in [3.8, 4) is 11.6 Å². The number of aromatic nitrogens is 1. The molecule has 2 heterocycles. The van der Waals surface area contributed by atoms with Crippen molar-refractivity contribution in [3.63, 3.8) is 0 Å². The molecule has 1 aromatic heterocycles. The highest BCUT2D eigenvalue weighted by Crippen LogP contribution is 2.31. The zero-order valence-electron chi connectivity index (χ0n) is 13.6. The number of hydrogen-bond donors (Lipinski definition) is 2. The molecule has 2 amide bonds. The third-order valence-electron chi connectivity index (χ3n) is 4.27. The number of primary amides is 1. The van der Waals surface area contributed by atoms with Crippen LogP contribution in [0.1, 0.15) is 16.8 Å². The number of halogens is 1. The number of nitrogens with one attached hydrogen (secondary N) is 1. The van der Waals surface area contributed by atoms with E-state index in [9.17, 15) is 14.0 Å². The second kappa shape index (κ2) is 6.92. The summed E-state index contributed by atoms with van der Waals surface area (Å²) in [6.45, 7) is -0.488. The predicted octanol–water partition coefficient (Wildman–Crippen LogP) is 1.20. The number of carbonyl (C=O) groups excluding carboxylic acids is 2. The number of methoxy groups -OCH3 is 1. The Labute approximate surface area is 143 Å². The van der Waals surface area contributed by atoms with Crippen LogP contribution in [0.3, 0.4) is 0 Å². The molecule has 1 saturated heterocycles. The largest absolute Gasteiger partial charge is 0.496 e. The predicted molar refractivity (Wildman–Crippen MR) is 88.3 cm³/mol. The van der Waals surface area contributed by atoms with Crippen molar-refractivity contribution in [2.45, 2.75) is 12.5 Å². The number of rotatable bonds is 6. The van der Waals surface area contributed by atoms with Crippen molar-refractivity contribution in [3.05, 3.63) is 30.0 Å². The quantitative estimate of drug-likeness (QED) is 0.817. The highest BCUT2D eigenvalue weighted by atomic mass is 19.1. The Morgan fingerprint density at radius 2 is 2.28 bits per heavy atom. The van der Waals surface area contributed by atoms with Crippen molar-refractivity contribution in [1.82, 2.24) is 10.3 Å². The molecule has 1 unspecified atom stereocenters. The SMILES string of the molecule is COc1cc2c(OCC3NC(=O)C[C@@H]3CF)nccc2cc1C(N)=O. The maximum atomic E-state index is 13.0. The fourth-order valence-corrected chi connectivity index (χ4v) is 2.92. The molecule has 0 saturated carbocycles. The number of alkyl halides is 1. The lowest BCUT2D eigenvalue weighted by atomic mass is 10.0. The molecule has 1 fully saturated rings. The lowest BCUT2D eigenvalue weighted by Gasteiger charge is -2.17. The summed E-state index contributed by atoms with van der Waals surface area (Å²) in [5, 5.41) is 4.04. The molecular weight excluding hydrogens is 329 g/mol. The van der Waals surface area contributed by atoms with Gasteiger partial charge < -0.3 is 20.5 Å². The number of nitrogens with zero attached hydrogens (tertiary/aromatic N) is 1. The van der Waals surface area contributed by atoms with Gasteiger partial charge >= 0.3 is 0 Å². The molecule has 0 bridgehead atoms. The third kappa shape index (κ3) is 3.33. The summed E-state index contributed by atoms with van der Waals surface area (Å²) in [6, 6.07) is 4.54. The van der Waals surface area contributed by atoms with E-state index in [4.69, 9.17) is 15.2 Å². The highest BCUT2D eigenvalue weighted by Gasteiger charge is 2.33. The summed E-state index contributed by atoms with van der Waals surface area (Å²) in [4.78, 5) is 27.1. The van der Waals surface area contributed by atoms with Crippen LogP contribution in [0.25, 0.3) is 10.8 Å². The summed E-state index contributed by atoms with van der Waals surface area (Å²) in [5.74, 6) is -0.565. The maximum Gasteiger partial charge on any atom is 0.252 e. The van der Waals surface area contributed by atoms with Crippen molar-refractivity contribution in [2.24, 2.45) is 11.7 Å². The van der Waals surface area contributed by atoms with Crippen LogP contribution in [0, 0.1) is 5.92 Å². The third-order valence-corrected chi connectivity index (χ3v) is 4.27. The molecule has 0 spiro atoms. The van der Waals surface area contributed by atoms with Gasteiger partial charge in [0.25, 0.3) is 5.91 Å². The van der Waals surface area contributed by atoms with Crippen molar-refractivity contribution in [2.75, 3.05) is 20.4 Å². The van der Waals surface area contributed by atoms with E-state index >= 15 is 0 Å². The number of fused-ring (bicyclic) bond motifs is 1. The molecule has 3 N–H and O–H groups in total. The normalized spacial score (nSPS) is 19.7. The molecule has 0 aliphatic carbocycles. The molecule has 1 aliphatic heterocycles. The van der Waals surface area contributed by atoms with Gasteiger partial charge in [0, 0.05) is 23.9 Å². The Bertz CT molecular complexity index is 827. The van der Waals surface area contributed by atoms with Crippen LogP contribution in [0.5, 0.6) is 11.6 Å². The number of carbonyl (C=O) groups is 2. The molecule has 25 heavy (non-hydrogen) atoms. The minimum atomic E-state index is -0.600. The molecule has 8 heteroatoms. The van der Waals surface area contributed by atoms with Gasteiger partial charge in [0.1, 0.15) is 12.4 Å². The Balaban J connectivity index is 1.89. The maximum absolute atomic E-state index is 13.0. The lowest BCUT2D eigenvalue weighted by Crippen LogP contribution is -2.35. The second-order valence-electron chi connectivity index (χ2n) is 5.86. The highest BCUT2D eigenvalue weighted by molar-refractivity contribution is 6.01. The van der Waals surface area contributed by atoms with Crippen molar-refractivity contribution < 1.29 is 23.5 Å². The Hall–Kier alpha value is -2.90. The van der Waals surface area contributed by atoms with E-state index < -0.39 is 24.5 Å². The standard InChI is InChI=1S/C17H18FN3O4/c1-24-14-6-11-9(4-12(14)16(19)23)2-3-20-17(11)25-8-13-10(7-18)5-15(22)21-13/h2-4,6,10,13H,5,7-8H2,1H3,(H2,19,23)(H,21,22)/t10-,13?/m1/s1. The van der Waals surface area contributed by atoms with Crippen molar-refractivity contribution >= 4 is 22.6 Å². The van der Waals surface area contributed by atoms with Crippen LogP contribution >= 0.6 is 0 Å². The minimum Gasteiger partial charge on any atom is -0.496 e. The van der Waals surface area contributed by atoms with Gasteiger partial charge in [-0.1, -0.05) is 0 Å². The topological polar surface area (TPSA) is 104 Å². The molecule has 3 rings (SSSR count). The van der Waals surface area contributed by atoms with E-state index in [1.165, 1.54) is 13.3 Å². The zero-order valence-corrected chi connectivity index (χ0v) is 13.6. The molecule has 0 radical (unpaired) electrons. The molecule has 2 atom stereocenters. The van der Waals surface area contributed by atoms with E-state index in [2.05, 4.69) is 10.3 Å². The first-order valence-electron chi connectivity index (χ1n) is 7.78. The molecule has 1 aliphatic rings. The Morgan fingerprint density at radius 3 is 2.96 bits per heavy atom. The van der Waals surface area contributed by atoms with E-state index in [1.807, 2.05) is 0 Å². The van der Waals surface area contributed by atoms with Crippen LogP contribution in [-0.4, -0.2) is 43.2 Å². The summed E-state index contributed by atoms with van der Waals surface area (Å²) < 4.78 is 23.9. The van der Waals surface area contributed by atoms with E-state index in [0.29, 0.717) is 22.4 Å². The Kier molecular flexibility index (Phi) is 4.69. The number of pyridine rings is 1. The van der Waals surface area contributed by atoms with Gasteiger partial charge in [0.2, 0.25) is 11.8 Å². The molecule has 2 aromatic rings. The first-order chi connectivity index (χ1) is 12.0. The van der Waals surface area contributed by atoms with Gasteiger partial charge in [-0.3, -0.25) is 14.0 Å². The number of benzene rings is 1. The fourth-order valence-electron chi connectivity index (χ4n) is 2.92. The van der Waals surface area contributed by atoms with E-state index in [1.54, 1.807) is 18.2 Å². The molecule has 1 aromatic carbocycles. The van der Waals surface area contributed by atoms with Crippen LogP contribution in [-0.2, 0) is 4.79 Å². The zero-order chi connectivity index (χ0) is 18.0. The summed E-state index contributed by atoms with van der Waals surface area (Å²) in [5.41, 5.74) is 5.62. The first kappa shape index (κ1) is 16.9. The summed E-state index contributed by atoms with van der Waals surface area (Å²) in [6.07, 6.45) is 1.69. The van der Waals surface area contributed by atoms with E-state index in [-0.39, 0.29) is 24.5 Å². The van der Waals surface area contributed by atoms with Gasteiger partial charge in [-0.2, -0.15) is 0 Å². The fraction of sp³-hybridized carbons (Fsp3) is 0.353. The van der Waals surface area contributed by atoms with Gasteiger partial charge in [-0.25, -0.2) is 4.98 Å². The van der Waals surface area contributed by atoms with Crippen LogP contribution in [0.2, 0.25) is 0 Å².